The number of rotatable bonds is 14. The Morgan fingerprint density at radius 1 is 0.943 bits per heavy atom. The third kappa shape index (κ3) is 9.02. The summed E-state index contributed by atoms with van der Waals surface area (Å²) in [6, 6.07) is -3.58. The molecule has 4 aliphatic carbocycles. The average molecular weight is 758 g/mol. The van der Waals surface area contributed by atoms with Gasteiger partial charge < -0.3 is 26.2 Å². The maximum absolute atomic E-state index is 15.0. The number of fused-ring (bicyclic) bond motifs is 1. The second kappa shape index (κ2) is 15.5. The van der Waals surface area contributed by atoms with Crippen molar-refractivity contribution in [2.45, 2.75) is 153 Å². The number of nitrogens with one attached hydrogen (secondary N) is 4. The molecule has 1 aliphatic heterocycles. The molecule has 3 saturated carbocycles. The Kier molecular flexibility index (Phi) is 12.0. The first-order valence-corrected chi connectivity index (χ1v) is 21.5. The van der Waals surface area contributed by atoms with Crippen LogP contribution in [0.2, 0.25) is 0 Å². The molecule has 4 unspecified atom stereocenters. The highest BCUT2D eigenvalue weighted by atomic mass is 32.2. The van der Waals surface area contributed by atoms with Gasteiger partial charge in [-0.05, 0) is 75.2 Å². The molecule has 5 aliphatic rings. The number of Topliss-reactive ketones (excluding diaryl/α,β-unsaturated/α-hetero) is 1. The van der Waals surface area contributed by atoms with Gasteiger partial charge in [0.15, 0.2) is 9.84 Å². The molecule has 0 aromatic carbocycles. The fraction of sp³-hybridized carbons (Fsp3) is 0.775. The molecule has 4 N–H and O–H groups in total. The largest absolute Gasteiger partial charge is 0.346 e. The summed E-state index contributed by atoms with van der Waals surface area (Å²) in [5, 5.41) is 11.5. The van der Waals surface area contributed by atoms with Crippen LogP contribution in [0.4, 0.5) is 4.79 Å². The molecule has 5 amide bonds. The minimum absolute atomic E-state index is 0.0857. The van der Waals surface area contributed by atoms with Crippen LogP contribution < -0.4 is 21.3 Å². The van der Waals surface area contributed by atoms with Gasteiger partial charge in [0.25, 0.3) is 5.91 Å². The number of ketones is 1. The zero-order valence-corrected chi connectivity index (χ0v) is 33.6. The lowest BCUT2D eigenvalue weighted by Gasteiger charge is -2.44. The Morgan fingerprint density at radius 3 is 2.09 bits per heavy atom. The predicted molar refractivity (Wildman–Crippen MR) is 204 cm³/mol. The number of hydrogen-bond donors (Lipinski definition) is 4. The van der Waals surface area contributed by atoms with Crippen molar-refractivity contribution < 1.29 is 32.4 Å². The topological polar surface area (TPSA) is 171 Å². The van der Waals surface area contributed by atoms with E-state index in [1.54, 1.807) is 25.7 Å². The second-order valence-corrected chi connectivity index (χ2v) is 21.2. The van der Waals surface area contributed by atoms with Gasteiger partial charge in [-0.2, -0.15) is 0 Å². The van der Waals surface area contributed by atoms with Crippen LogP contribution in [0.1, 0.15) is 125 Å². The molecule has 1 heterocycles. The average Bonchev–Trinajstić information content (AvgIpc) is 3.83. The molecule has 4 fully saturated rings. The highest BCUT2D eigenvalue weighted by molar-refractivity contribution is 7.92. The maximum atomic E-state index is 15.0. The van der Waals surface area contributed by atoms with Gasteiger partial charge in [0.05, 0.1) is 22.1 Å². The summed E-state index contributed by atoms with van der Waals surface area (Å²) in [5.74, 6) is -2.43. The van der Waals surface area contributed by atoms with Gasteiger partial charge in [-0.3, -0.25) is 19.2 Å². The van der Waals surface area contributed by atoms with Crippen LogP contribution in [0.15, 0.2) is 24.3 Å². The molecule has 4 atom stereocenters. The molecule has 296 valence electrons. The van der Waals surface area contributed by atoms with Crippen LogP contribution in [-0.2, 0) is 29.0 Å². The monoisotopic (exact) mass is 757 g/mol. The zero-order valence-electron chi connectivity index (χ0n) is 32.8. The van der Waals surface area contributed by atoms with Crippen molar-refractivity contribution in [1.29, 1.82) is 0 Å². The molecule has 0 spiro atoms. The lowest BCUT2D eigenvalue weighted by molar-refractivity contribution is -0.144. The van der Waals surface area contributed by atoms with Gasteiger partial charge in [-0.15, -0.1) is 6.58 Å². The van der Waals surface area contributed by atoms with Crippen molar-refractivity contribution in [1.82, 2.24) is 26.2 Å². The number of amides is 5. The molecular formula is C40H63N5O7S. The SMILES string of the molecule is C=CCNC(=O)C(=O)C(CC1CC1)NC(=O)C1C2=CC(C)(C)C2CN1C(=O)C(NC(=O)NC1(CS(=O)(=O)C(C)(C)C)CCCCC1)C1(C)CCCCC1. The van der Waals surface area contributed by atoms with Crippen LogP contribution in [0, 0.1) is 22.7 Å². The van der Waals surface area contributed by atoms with Crippen molar-refractivity contribution in [2.75, 3.05) is 18.8 Å². The minimum atomic E-state index is -3.58. The first-order chi connectivity index (χ1) is 24.7. The first kappa shape index (κ1) is 41.0. The Labute approximate surface area is 316 Å². The summed E-state index contributed by atoms with van der Waals surface area (Å²) in [6.07, 6.45) is 13.5. The first-order valence-electron chi connectivity index (χ1n) is 19.8. The summed E-state index contributed by atoms with van der Waals surface area (Å²) in [7, 11) is -3.58. The molecule has 0 aromatic rings. The fourth-order valence-electron chi connectivity index (χ4n) is 9.02. The van der Waals surface area contributed by atoms with Crippen LogP contribution in [0.3, 0.4) is 0 Å². The van der Waals surface area contributed by atoms with Gasteiger partial charge in [0, 0.05) is 19.0 Å². The lowest BCUT2D eigenvalue weighted by Crippen LogP contribution is -2.64. The fourth-order valence-corrected chi connectivity index (χ4v) is 10.5. The summed E-state index contributed by atoms with van der Waals surface area (Å²) >= 11 is 0. The number of carbonyl (C=O) groups excluding carboxylic acids is 5. The van der Waals surface area contributed by atoms with Crippen LogP contribution >= 0.6 is 0 Å². The van der Waals surface area contributed by atoms with Gasteiger partial charge in [0.2, 0.25) is 17.6 Å². The summed E-state index contributed by atoms with van der Waals surface area (Å²) in [5.41, 5.74) is -1.03. The van der Waals surface area contributed by atoms with Gasteiger partial charge in [-0.25, -0.2) is 13.2 Å². The van der Waals surface area contributed by atoms with Gasteiger partial charge in [-0.1, -0.05) is 84.3 Å². The van der Waals surface area contributed by atoms with E-state index in [4.69, 9.17) is 0 Å². The number of nitrogens with zero attached hydrogens (tertiary/aromatic N) is 1. The van der Waals surface area contributed by atoms with E-state index in [0.29, 0.717) is 32.1 Å². The second-order valence-electron chi connectivity index (χ2n) is 18.5. The normalized spacial score (nSPS) is 25.7. The van der Waals surface area contributed by atoms with Crippen molar-refractivity contribution >= 4 is 39.4 Å². The number of carbonyl (C=O) groups is 5. The Hall–Kier alpha value is -3.22. The molecule has 0 radical (unpaired) electrons. The van der Waals surface area contributed by atoms with Crippen LogP contribution in [-0.4, -0.2) is 90.1 Å². The van der Waals surface area contributed by atoms with Gasteiger partial charge >= 0.3 is 6.03 Å². The van der Waals surface area contributed by atoms with E-state index in [-0.39, 0.29) is 42.0 Å². The quantitative estimate of drug-likeness (QED) is 0.149. The Balaban J connectivity index is 1.42. The lowest BCUT2D eigenvalue weighted by atomic mass is 9.64. The van der Waals surface area contributed by atoms with E-state index >= 15 is 4.79 Å². The van der Waals surface area contributed by atoms with E-state index in [1.807, 2.05) is 13.0 Å². The Bertz CT molecular complexity index is 1600. The summed E-state index contributed by atoms with van der Waals surface area (Å²) < 4.78 is 26.0. The molecule has 13 heteroatoms. The highest BCUT2D eigenvalue weighted by Crippen LogP contribution is 2.52. The molecule has 5 rings (SSSR count). The van der Waals surface area contributed by atoms with Crippen molar-refractivity contribution in [3.8, 4) is 0 Å². The minimum Gasteiger partial charge on any atom is -0.346 e. The molecular weight excluding hydrogens is 695 g/mol. The van der Waals surface area contributed by atoms with Crippen LogP contribution in [0.25, 0.3) is 0 Å². The number of sulfone groups is 1. The smallest absolute Gasteiger partial charge is 0.315 e. The van der Waals surface area contributed by atoms with Crippen LogP contribution in [0.5, 0.6) is 0 Å². The van der Waals surface area contributed by atoms with Crippen molar-refractivity contribution in [3.63, 3.8) is 0 Å². The molecule has 12 nitrogen and oxygen atoms in total. The third-order valence-corrected chi connectivity index (χ3v) is 15.5. The summed E-state index contributed by atoms with van der Waals surface area (Å²) in [4.78, 5) is 71.1. The number of hydrogen-bond acceptors (Lipinski definition) is 7. The predicted octanol–water partition coefficient (Wildman–Crippen LogP) is 4.49. The van der Waals surface area contributed by atoms with E-state index in [0.717, 1.165) is 56.9 Å². The van der Waals surface area contributed by atoms with Crippen molar-refractivity contribution in [2.24, 2.45) is 22.7 Å². The number of likely N-dealkylation sites (tertiary alicyclic amines) is 1. The van der Waals surface area contributed by atoms with E-state index < -0.39 is 67.3 Å². The molecule has 0 bridgehead atoms. The number of allylic oxidation sites excluding steroid dienone is 1. The van der Waals surface area contributed by atoms with Gasteiger partial charge in [0.1, 0.15) is 12.1 Å². The molecule has 0 aromatic heterocycles. The van der Waals surface area contributed by atoms with E-state index in [2.05, 4.69) is 41.7 Å². The maximum Gasteiger partial charge on any atom is 0.315 e. The number of urea groups is 1. The van der Waals surface area contributed by atoms with E-state index in [9.17, 15) is 27.6 Å². The Morgan fingerprint density at radius 2 is 1.55 bits per heavy atom. The highest BCUT2D eigenvalue weighted by Gasteiger charge is 2.57. The molecule has 1 saturated heterocycles. The zero-order chi connectivity index (χ0) is 39.0. The van der Waals surface area contributed by atoms with E-state index in [1.165, 1.54) is 6.08 Å². The summed E-state index contributed by atoms with van der Waals surface area (Å²) in [6.45, 7) is 15.2. The van der Waals surface area contributed by atoms with Crippen molar-refractivity contribution in [3.05, 3.63) is 24.3 Å². The standard InChI is InChI=1S/C40H63N5O7S/c1-8-21-41-34(48)31(46)29(22-26-15-16-26)42-33(47)30-27-23-38(5,6)28(27)24-45(30)35(49)32(39(7)17-11-9-12-18-39)43-36(50)44-40(19-13-10-14-20-40)25-53(51,52)37(2,3)4/h8,23,26,28-30,32H,1,9-22,24-25H2,2-7H3,(H,41,48)(H,42,47)(H2,43,44,50). The molecule has 53 heavy (non-hydrogen) atoms. The third-order valence-electron chi connectivity index (χ3n) is 12.7.